The van der Waals surface area contributed by atoms with Crippen LogP contribution in [0.25, 0.3) is 0 Å². The normalized spacial score (nSPS) is 11.8. The van der Waals surface area contributed by atoms with Gasteiger partial charge >= 0.3 is 0 Å². The zero-order chi connectivity index (χ0) is 20.4. The summed E-state index contributed by atoms with van der Waals surface area (Å²) in [5.41, 5.74) is 0.238. The molecule has 1 aliphatic heterocycles. The van der Waals surface area contributed by atoms with Crippen molar-refractivity contribution in [3.8, 4) is 23.0 Å². The van der Waals surface area contributed by atoms with Gasteiger partial charge in [-0.2, -0.15) is 0 Å². The lowest BCUT2D eigenvalue weighted by molar-refractivity contribution is -0.385. The Kier molecular flexibility index (Phi) is 4.70. The van der Waals surface area contributed by atoms with Gasteiger partial charge in [-0.15, -0.1) is 0 Å². The lowest BCUT2D eigenvalue weighted by Crippen LogP contribution is -2.13. The van der Waals surface area contributed by atoms with Crippen molar-refractivity contribution in [2.75, 3.05) is 12.1 Å². The first-order valence-corrected chi connectivity index (χ1v) is 8.43. The number of carbonyl (C=O) groups excluding carboxylic acids is 1. The molecule has 0 fully saturated rings. The summed E-state index contributed by atoms with van der Waals surface area (Å²) in [6.07, 6.45) is 0. The van der Waals surface area contributed by atoms with Gasteiger partial charge in [0.1, 0.15) is 5.75 Å². The van der Waals surface area contributed by atoms with Gasteiger partial charge in [0.25, 0.3) is 11.6 Å². The van der Waals surface area contributed by atoms with Crippen LogP contribution in [0.3, 0.4) is 0 Å². The molecular formula is C20H13FN2O6. The number of rotatable bonds is 5. The Bertz CT molecular complexity index is 1120. The minimum Gasteiger partial charge on any atom is -0.454 e. The molecule has 146 valence electrons. The predicted octanol–water partition coefficient (Wildman–Crippen LogP) is 4.51. The molecule has 0 bridgehead atoms. The molecule has 0 spiro atoms. The lowest BCUT2D eigenvalue weighted by Gasteiger charge is -2.12. The molecule has 0 saturated heterocycles. The minimum atomic E-state index is -0.912. The molecule has 1 amide bonds. The first-order valence-electron chi connectivity index (χ1n) is 8.43. The van der Waals surface area contributed by atoms with Crippen LogP contribution in [0.4, 0.5) is 15.8 Å². The molecular weight excluding hydrogens is 383 g/mol. The summed E-state index contributed by atoms with van der Waals surface area (Å²) >= 11 is 0. The van der Waals surface area contributed by atoms with Crippen molar-refractivity contribution in [3.05, 3.63) is 82.2 Å². The van der Waals surface area contributed by atoms with Crippen LogP contribution in [0.5, 0.6) is 23.0 Å². The van der Waals surface area contributed by atoms with Crippen LogP contribution in [0.1, 0.15) is 10.4 Å². The van der Waals surface area contributed by atoms with Crippen LogP contribution >= 0.6 is 0 Å². The third-order valence-corrected chi connectivity index (χ3v) is 4.11. The van der Waals surface area contributed by atoms with E-state index in [1.165, 1.54) is 12.1 Å². The molecule has 0 aliphatic carbocycles. The second kappa shape index (κ2) is 7.47. The average Bonchev–Trinajstić information content (AvgIpc) is 3.17. The second-order valence-corrected chi connectivity index (χ2v) is 5.99. The number of ether oxygens (including phenoxy) is 3. The number of halogens is 1. The van der Waals surface area contributed by atoms with E-state index < -0.39 is 22.3 Å². The Morgan fingerprint density at radius 3 is 2.62 bits per heavy atom. The number of anilines is 1. The number of carbonyl (C=O) groups is 1. The average molecular weight is 396 g/mol. The van der Waals surface area contributed by atoms with Gasteiger partial charge < -0.3 is 19.5 Å². The van der Waals surface area contributed by atoms with Gasteiger partial charge in [0.15, 0.2) is 23.1 Å². The van der Waals surface area contributed by atoms with Crippen molar-refractivity contribution in [2.45, 2.75) is 0 Å². The number of nitrogens with one attached hydrogen (secondary N) is 1. The lowest BCUT2D eigenvalue weighted by atomic mass is 10.1. The van der Waals surface area contributed by atoms with Gasteiger partial charge in [0.2, 0.25) is 6.79 Å². The Morgan fingerprint density at radius 1 is 1.03 bits per heavy atom. The highest BCUT2D eigenvalue weighted by molar-refractivity contribution is 6.06. The van der Waals surface area contributed by atoms with Gasteiger partial charge in [-0.05, 0) is 30.3 Å². The van der Waals surface area contributed by atoms with Crippen LogP contribution < -0.4 is 19.5 Å². The molecule has 0 atom stereocenters. The van der Waals surface area contributed by atoms with E-state index in [1.807, 2.05) is 0 Å². The fraction of sp³-hybridized carbons (Fsp3) is 0.0500. The van der Waals surface area contributed by atoms with E-state index in [0.717, 1.165) is 18.2 Å². The molecule has 0 unspecified atom stereocenters. The molecule has 0 aromatic heterocycles. The number of nitro groups is 1. The maximum Gasteiger partial charge on any atom is 0.272 e. The molecule has 0 saturated carbocycles. The van der Waals surface area contributed by atoms with E-state index in [0.29, 0.717) is 17.2 Å². The smallest absolute Gasteiger partial charge is 0.272 e. The number of nitrogens with zero attached hydrogens (tertiary/aromatic N) is 1. The predicted molar refractivity (Wildman–Crippen MR) is 100 cm³/mol. The summed E-state index contributed by atoms with van der Waals surface area (Å²) in [4.78, 5) is 22.7. The van der Waals surface area contributed by atoms with Crippen LogP contribution in [-0.2, 0) is 0 Å². The molecule has 1 N–H and O–H groups in total. The van der Waals surface area contributed by atoms with Crippen LogP contribution in [-0.4, -0.2) is 17.6 Å². The zero-order valence-corrected chi connectivity index (χ0v) is 14.8. The Balaban J connectivity index is 1.56. The highest BCUT2D eigenvalue weighted by Gasteiger charge is 2.18. The van der Waals surface area contributed by atoms with Crippen molar-refractivity contribution in [1.29, 1.82) is 0 Å². The summed E-state index contributed by atoms with van der Waals surface area (Å²) in [7, 11) is 0. The third kappa shape index (κ3) is 3.79. The molecule has 29 heavy (non-hydrogen) atoms. The van der Waals surface area contributed by atoms with Gasteiger partial charge in [-0.3, -0.25) is 14.9 Å². The number of non-ortho nitro benzene ring substituents is 1. The SMILES string of the molecule is O=C(Nc1ccc2c(c1)OCO2)c1ccccc1Oc1ccc([N+](=O)[O-])cc1F. The number of benzene rings is 3. The fourth-order valence-electron chi connectivity index (χ4n) is 2.72. The standard InChI is InChI=1S/C20H13FN2O6/c21-15-10-13(23(25)26)6-8-17(15)29-16-4-2-1-3-14(16)20(24)22-12-5-7-18-19(9-12)28-11-27-18/h1-10H,11H2,(H,22,24). The minimum absolute atomic E-state index is 0.0958. The Hall–Kier alpha value is -4.14. The van der Waals surface area contributed by atoms with Gasteiger partial charge in [0.05, 0.1) is 16.6 Å². The number of hydrogen-bond donors (Lipinski definition) is 1. The number of amides is 1. The highest BCUT2D eigenvalue weighted by Crippen LogP contribution is 2.35. The first-order chi connectivity index (χ1) is 14.0. The molecule has 1 aliphatic rings. The Labute approximate surface area is 163 Å². The molecule has 3 aromatic carbocycles. The number of fused-ring (bicyclic) bond motifs is 1. The topological polar surface area (TPSA) is 99.9 Å². The molecule has 3 aromatic rings. The van der Waals surface area contributed by atoms with Crippen molar-refractivity contribution in [2.24, 2.45) is 0 Å². The summed E-state index contributed by atoms with van der Waals surface area (Å²) in [6, 6.07) is 14.2. The molecule has 4 rings (SSSR count). The van der Waals surface area contributed by atoms with E-state index in [-0.39, 0.29) is 23.9 Å². The van der Waals surface area contributed by atoms with Crippen LogP contribution in [0.2, 0.25) is 0 Å². The fourth-order valence-corrected chi connectivity index (χ4v) is 2.72. The van der Waals surface area contributed by atoms with E-state index in [4.69, 9.17) is 14.2 Å². The second-order valence-electron chi connectivity index (χ2n) is 5.99. The largest absolute Gasteiger partial charge is 0.454 e. The van der Waals surface area contributed by atoms with Crippen LogP contribution in [0, 0.1) is 15.9 Å². The number of para-hydroxylation sites is 1. The molecule has 0 radical (unpaired) electrons. The molecule has 1 heterocycles. The number of hydrogen-bond acceptors (Lipinski definition) is 6. The van der Waals surface area contributed by atoms with E-state index in [9.17, 15) is 19.3 Å². The summed E-state index contributed by atoms with van der Waals surface area (Å²) in [6.45, 7) is 0.115. The summed E-state index contributed by atoms with van der Waals surface area (Å²) in [5.74, 6) is -0.440. The summed E-state index contributed by atoms with van der Waals surface area (Å²) in [5, 5.41) is 13.5. The van der Waals surface area contributed by atoms with Crippen molar-refractivity contribution in [1.82, 2.24) is 0 Å². The maximum atomic E-state index is 14.1. The van der Waals surface area contributed by atoms with Crippen molar-refractivity contribution < 1.29 is 28.3 Å². The van der Waals surface area contributed by atoms with Crippen molar-refractivity contribution in [3.63, 3.8) is 0 Å². The Morgan fingerprint density at radius 2 is 1.83 bits per heavy atom. The highest BCUT2D eigenvalue weighted by atomic mass is 19.1. The third-order valence-electron chi connectivity index (χ3n) is 4.11. The monoisotopic (exact) mass is 396 g/mol. The van der Waals surface area contributed by atoms with E-state index in [1.54, 1.807) is 30.3 Å². The van der Waals surface area contributed by atoms with Gasteiger partial charge in [-0.25, -0.2) is 4.39 Å². The zero-order valence-electron chi connectivity index (χ0n) is 14.8. The quantitative estimate of drug-likeness (QED) is 0.503. The summed E-state index contributed by atoms with van der Waals surface area (Å²) < 4.78 is 30.2. The van der Waals surface area contributed by atoms with Crippen LogP contribution in [0.15, 0.2) is 60.7 Å². The molecule has 9 heteroatoms. The molecule has 8 nitrogen and oxygen atoms in total. The maximum absolute atomic E-state index is 14.1. The van der Waals surface area contributed by atoms with Gasteiger partial charge in [-0.1, -0.05) is 12.1 Å². The van der Waals surface area contributed by atoms with E-state index >= 15 is 0 Å². The van der Waals surface area contributed by atoms with Gasteiger partial charge in [0, 0.05) is 17.8 Å². The number of nitro benzene ring substituents is 1. The van der Waals surface area contributed by atoms with E-state index in [2.05, 4.69) is 5.32 Å². The first kappa shape index (κ1) is 18.2. The van der Waals surface area contributed by atoms with Crippen molar-refractivity contribution >= 4 is 17.3 Å².